The molecule has 4 nitrogen and oxygen atoms in total. The minimum Gasteiger partial charge on any atom is -0.368 e. The summed E-state index contributed by atoms with van der Waals surface area (Å²) in [6, 6.07) is 21.0. The van der Waals surface area contributed by atoms with Gasteiger partial charge in [-0.05, 0) is 50.4 Å². The number of hydrogen-bond donors (Lipinski definition) is 1. The second-order valence-electron chi connectivity index (χ2n) is 7.66. The number of nitrogen functional groups attached to an aromatic ring is 1. The van der Waals surface area contributed by atoms with Gasteiger partial charge in [-0.1, -0.05) is 60.7 Å². The lowest BCUT2D eigenvalue weighted by Crippen LogP contribution is -2.35. The second-order valence-corrected chi connectivity index (χ2v) is 7.66. The number of aromatic nitrogens is 2. The van der Waals surface area contributed by atoms with Crippen LogP contribution in [-0.4, -0.2) is 34.5 Å². The molecule has 0 aliphatic carbocycles. The summed E-state index contributed by atoms with van der Waals surface area (Å²) in [5, 5.41) is 0. The summed E-state index contributed by atoms with van der Waals surface area (Å²) >= 11 is 0. The van der Waals surface area contributed by atoms with Gasteiger partial charge in [-0.2, -0.15) is 0 Å². The van der Waals surface area contributed by atoms with E-state index in [-0.39, 0.29) is 0 Å². The van der Waals surface area contributed by atoms with Crippen LogP contribution in [0.25, 0.3) is 11.3 Å². The van der Waals surface area contributed by atoms with E-state index < -0.39 is 0 Å². The Morgan fingerprint density at radius 1 is 0.929 bits per heavy atom. The number of likely N-dealkylation sites (tertiary alicyclic amines) is 1. The summed E-state index contributed by atoms with van der Waals surface area (Å²) in [6.45, 7) is 5.48. The van der Waals surface area contributed by atoms with Crippen LogP contribution in [-0.2, 0) is 6.42 Å². The highest BCUT2D eigenvalue weighted by atomic mass is 15.1. The van der Waals surface area contributed by atoms with Crippen molar-refractivity contribution in [1.29, 1.82) is 0 Å². The Morgan fingerprint density at radius 3 is 2.25 bits per heavy atom. The zero-order valence-corrected chi connectivity index (χ0v) is 16.5. The molecule has 0 saturated carbocycles. The predicted molar refractivity (Wildman–Crippen MR) is 115 cm³/mol. The molecular formula is C24H28N4. The summed E-state index contributed by atoms with van der Waals surface area (Å²) in [5.74, 6) is 0.840. The predicted octanol–water partition coefficient (Wildman–Crippen LogP) is 4.46. The molecule has 1 fully saturated rings. The van der Waals surface area contributed by atoms with Crippen LogP contribution < -0.4 is 5.73 Å². The Bertz CT molecular complexity index is 901. The average molecular weight is 373 g/mol. The fraction of sp³-hybridized carbons (Fsp3) is 0.333. The van der Waals surface area contributed by atoms with Crippen molar-refractivity contribution < 1.29 is 0 Å². The van der Waals surface area contributed by atoms with Gasteiger partial charge in [0.2, 0.25) is 5.95 Å². The highest BCUT2D eigenvalue weighted by Gasteiger charge is 2.25. The molecule has 1 saturated heterocycles. The minimum absolute atomic E-state index is 0.381. The summed E-state index contributed by atoms with van der Waals surface area (Å²) < 4.78 is 0. The van der Waals surface area contributed by atoms with Crippen molar-refractivity contribution in [3.05, 3.63) is 77.5 Å². The lowest BCUT2D eigenvalue weighted by molar-refractivity contribution is 0.213. The minimum atomic E-state index is 0.381. The van der Waals surface area contributed by atoms with Crippen LogP contribution in [0.3, 0.4) is 0 Å². The highest BCUT2D eigenvalue weighted by molar-refractivity contribution is 5.65. The van der Waals surface area contributed by atoms with Gasteiger partial charge < -0.3 is 10.6 Å². The maximum Gasteiger partial charge on any atom is 0.220 e. The average Bonchev–Trinajstić information content (AvgIpc) is 2.75. The van der Waals surface area contributed by atoms with E-state index in [1.54, 1.807) is 0 Å². The fourth-order valence-electron chi connectivity index (χ4n) is 4.19. The number of benzene rings is 2. The van der Waals surface area contributed by atoms with Gasteiger partial charge in [0.05, 0.1) is 11.4 Å². The number of nitrogens with two attached hydrogens (primary N) is 1. The first kappa shape index (κ1) is 18.6. The van der Waals surface area contributed by atoms with Crippen molar-refractivity contribution in [3.8, 4) is 11.3 Å². The van der Waals surface area contributed by atoms with Crippen molar-refractivity contribution in [1.82, 2.24) is 14.9 Å². The van der Waals surface area contributed by atoms with Crippen LogP contribution in [0, 0.1) is 6.92 Å². The van der Waals surface area contributed by atoms with Gasteiger partial charge in [0.15, 0.2) is 0 Å². The SMILES string of the molecule is Cc1c(-c2ccccc2)nc(N)nc1C1CCN(CCc2ccccc2)CC1. The monoisotopic (exact) mass is 372 g/mol. The van der Waals surface area contributed by atoms with E-state index in [2.05, 4.69) is 64.3 Å². The number of rotatable bonds is 5. The van der Waals surface area contributed by atoms with E-state index in [0.29, 0.717) is 11.9 Å². The quantitative estimate of drug-likeness (QED) is 0.719. The Morgan fingerprint density at radius 2 is 1.57 bits per heavy atom. The van der Waals surface area contributed by atoms with E-state index in [4.69, 9.17) is 5.73 Å². The van der Waals surface area contributed by atoms with Crippen LogP contribution in [0.5, 0.6) is 0 Å². The number of hydrogen-bond acceptors (Lipinski definition) is 4. The first-order valence-corrected chi connectivity index (χ1v) is 10.2. The molecule has 0 amide bonds. The first-order chi connectivity index (χ1) is 13.7. The molecule has 1 aliphatic heterocycles. The molecular weight excluding hydrogens is 344 g/mol. The zero-order valence-electron chi connectivity index (χ0n) is 16.5. The summed E-state index contributed by atoms with van der Waals surface area (Å²) in [7, 11) is 0. The van der Waals surface area contributed by atoms with Crippen molar-refractivity contribution in [2.75, 3.05) is 25.4 Å². The van der Waals surface area contributed by atoms with E-state index in [1.807, 2.05) is 18.2 Å². The Kier molecular flexibility index (Phi) is 5.68. The van der Waals surface area contributed by atoms with Crippen molar-refractivity contribution in [3.63, 3.8) is 0 Å². The molecule has 0 unspecified atom stereocenters. The Labute approximate surface area is 167 Å². The number of anilines is 1. The molecule has 2 aromatic carbocycles. The molecule has 2 heterocycles. The van der Waals surface area contributed by atoms with Crippen molar-refractivity contribution >= 4 is 5.95 Å². The van der Waals surface area contributed by atoms with Crippen LogP contribution in [0.2, 0.25) is 0 Å². The third kappa shape index (κ3) is 4.23. The zero-order chi connectivity index (χ0) is 19.3. The summed E-state index contributed by atoms with van der Waals surface area (Å²) in [4.78, 5) is 11.8. The molecule has 0 radical (unpaired) electrons. The molecule has 3 aromatic rings. The second kappa shape index (κ2) is 8.53. The molecule has 4 heteroatoms. The molecule has 1 aromatic heterocycles. The number of piperidine rings is 1. The van der Waals surface area contributed by atoms with Crippen LogP contribution in [0.1, 0.15) is 35.6 Å². The molecule has 0 atom stereocenters. The van der Waals surface area contributed by atoms with Gasteiger partial charge in [-0.25, -0.2) is 9.97 Å². The van der Waals surface area contributed by atoms with Gasteiger partial charge >= 0.3 is 0 Å². The van der Waals surface area contributed by atoms with Crippen molar-refractivity contribution in [2.24, 2.45) is 0 Å². The maximum atomic E-state index is 6.08. The molecule has 144 valence electrons. The molecule has 2 N–H and O–H groups in total. The highest BCUT2D eigenvalue weighted by Crippen LogP contribution is 2.33. The largest absolute Gasteiger partial charge is 0.368 e. The molecule has 4 rings (SSSR count). The third-order valence-corrected chi connectivity index (χ3v) is 5.78. The van der Waals surface area contributed by atoms with Gasteiger partial charge in [0, 0.05) is 18.0 Å². The molecule has 28 heavy (non-hydrogen) atoms. The molecule has 0 spiro atoms. The lowest BCUT2D eigenvalue weighted by atomic mass is 9.89. The molecule has 1 aliphatic rings. The van der Waals surface area contributed by atoms with Crippen LogP contribution in [0.4, 0.5) is 5.95 Å². The van der Waals surface area contributed by atoms with E-state index in [9.17, 15) is 0 Å². The Hall–Kier alpha value is -2.72. The number of nitrogens with zero attached hydrogens (tertiary/aromatic N) is 3. The summed E-state index contributed by atoms with van der Waals surface area (Å²) in [6.07, 6.45) is 3.36. The topological polar surface area (TPSA) is 55.0 Å². The fourth-order valence-corrected chi connectivity index (χ4v) is 4.19. The first-order valence-electron chi connectivity index (χ1n) is 10.2. The van der Waals surface area contributed by atoms with Crippen molar-refractivity contribution in [2.45, 2.75) is 32.1 Å². The normalized spacial score (nSPS) is 15.6. The molecule has 0 bridgehead atoms. The van der Waals surface area contributed by atoms with Crippen LogP contribution >= 0.6 is 0 Å². The lowest BCUT2D eigenvalue weighted by Gasteiger charge is -2.32. The maximum absolute atomic E-state index is 6.08. The van der Waals surface area contributed by atoms with Gasteiger partial charge in [-0.15, -0.1) is 0 Å². The van der Waals surface area contributed by atoms with E-state index >= 15 is 0 Å². The van der Waals surface area contributed by atoms with Gasteiger partial charge in [0.1, 0.15) is 0 Å². The standard InChI is InChI=1S/C24H28N4/c1-18-22(20-10-6-3-7-11-20)26-24(25)27-23(18)21-13-16-28(17-14-21)15-12-19-8-4-2-5-9-19/h2-11,21H,12-17H2,1H3,(H2,25,26,27). The van der Waals surface area contributed by atoms with E-state index in [1.165, 1.54) is 11.1 Å². The smallest absolute Gasteiger partial charge is 0.220 e. The Balaban J connectivity index is 1.44. The summed E-state index contributed by atoms with van der Waals surface area (Å²) in [5.41, 5.74) is 11.9. The third-order valence-electron chi connectivity index (χ3n) is 5.78. The van der Waals surface area contributed by atoms with Crippen LogP contribution in [0.15, 0.2) is 60.7 Å². The van der Waals surface area contributed by atoms with Gasteiger partial charge in [-0.3, -0.25) is 0 Å². The van der Waals surface area contributed by atoms with Gasteiger partial charge in [0.25, 0.3) is 0 Å². The van der Waals surface area contributed by atoms with E-state index in [0.717, 1.165) is 55.8 Å².